The molecule has 7 heteroatoms. The summed E-state index contributed by atoms with van der Waals surface area (Å²) in [7, 11) is 0. The lowest BCUT2D eigenvalue weighted by molar-refractivity contribution is -0.122. The highest BCUT2D eigenvalue weighted by atomic mass is 32.1. The number of thiophene rings is 1. The average Bonchev–Trinajstić information content (AvgIpc) is 2.86. The molecule has 2 rings (SSSR count). The van der Waals surface area contributed by atoms with Crippen LogP contribution in [0.5, 0.6) is 0 Å². The molecule has 0 saturated carbocycles. The molecular formula is C8H9N5OS. The molecule has 1 amide bonds. The van der Waals surface area contributed by atoms with E-state index in [0.717, 1.165) is 4.88 Å². The summed E-state index contributed by atoms with van der Waals surface area (Å²) >= 11 is 1.61. The van der Waals surface area contributed by atoms with Gasteiger partial charge in [-0.05, 0) is 16.7 Å². The summed E-state index contributed by atoms with van der Waals surface area (Å²) in [4.78, 5) is 13.7. The highest BCUT2D eigenvalue weighted by molar-refractivity contribution is 7.09. The number of hydrogen-bond acceptors (Lipinski definition) is 5. The lowest BCUT2D eigenvalue weighted by Crippen LogP contribution is -2.27. The molecule has 0 aliphatic carbocycles. The number of hydrogen-bond donors (Lipinski definition) is 1. The van der Waals surface area contributed by atoms with Gasteiger partial charge in [-0.25, -0.2) is 0 Å². The molecule has 0 atom stereocenters. The van der Waals surface area contributed by atoms with Crippen LogP contribution in [0.25, 0.3) is 0 Å². The molecule has 0 radical (unpaired) electrons. The predicted molar refractivity (Wildman–Crippen MR) is 54.0 cm³/mol. The number of carbonyl (C=O) groups is 1. The quantitative estimate of drug-likeness (QED) is 0.795. The number of tetrazole rings is 1. The number of rotatable bonds is 4. The molecule has 15 heavy (non-hydrogen) atoms. The molecule has 0 aliphatic rings. The molecule has 0 fully saturated rings. The van der Waals surface area contributed by atoms with E-state index in [1.165, 1.54) is 11.1 Å². The molecule has 0 bridgehead atoms. The van der Waals surface area contributed by atoms with Crippen LogP contribution < -0.4 is 5.32 Å². The summed E-state index contributed by atoms with van der Waals surface area (Å²) in [6.45, 7) is 0.649. The Morgan fingerprint density at radius 2 is 2.53 bits per heavy atom. The Bertz CT molecular complexity index is 410. The number of amides is 1. The maximum atomic E-state index is 11.4. The molecule has 0 spiro atoms. The van der Waals surface area contributed by atoms with Crippen LogP contribution in [-0.4, -0.2) is 26.1 Å². The second kappa shape index (κ2) is 4.65. The van der Waals surface area contributed by atoms with Crippen LogP contribution in [0, 0.1) is 0 Å². The third-order valence-electron chi connectivity index (χ3n) is 1.72. The number of nitrogens with zero attached hydrogens (tertiary/aromatic N) is 4. The summed E-state index contributed by atoms with van der Waals surface area (Å²) in [5.74, 6) is -0.124. The van der Waals surface area contributed by atoms with Gasteiger partial charge < -0.3 is 5.32 Å². The van der Waals surface area contributed by atoms with Gasteiger partial charge in [0, 0.05) is 4.88 Å². The molecule has 0 aromatic carbocycles. The van der Waals surface area contributed by atoms with Gasteiger partial charge in [-0.15, -0.1) is 21.5 Å². The van der Waals surface area contributed by atoms with Crippen molar-refractivity contribution >= 4 is 17.2 Å². The van der Waals surface area contributed by atoms with Crippen molar-refractivity contribution < 1.29 is 4.79 Å². The van der Waals surface area contributed by atoms with Crippen molar-refractivity contribution in [3.63, 3.8) is 0 Å². The molecule has 0 unspecified atom stereocenters. The van der Waals surface area contributed by atoms with Gasteiger partial charge in [-0.1, -0.05) is 6.07 Å². The first kappa shape index (κ1) is 9.78. The minimum atomic E-state index is -0.124. The second-order valence-corrected chi connectivity index (χ2v) is 3.85. The van der Waals surface area contributed by atoms with Gasteiger partial charge in [0.1, 0.15) is 6.54 Å². The van der Waals surface area contributed by atoms with E-state index in [2.05, 4.69) is 20.7 Å². The summed E-state index contributed by atoms with van der Waals surface area (Å²) in [6, 6.07) is 3.92. The van der Waals surface area contributed by atoms with Gasteiger partial charge in [0.2, 0.25) is 5.91 Å². The molecule has 0 saturated heterocycles. The Kier molecular flexibility index (Phi) is 3.03. The van der Waals surface area contributed by atoms with Crippen LogP contribution in [0.1, 0.15) is 4.88 Å². The fourth-order valence-electron chi connectivity index (χ4n) is 1.04. The first-order chi connectivity index (χ1) is 7.34. The Hall–Kier alpha value is -1.76. The minimum Gasteiger partial charge on any atom is -0.350 e. The lowest BCUT2D eigenvalue weighted by atomic mass is 10.4. The molecule has 2 aromatic rings. The van der Waals surface area contributed by atoms with Gasteiger partial charge in [0.15, 0.2) is 6.33 Å². The van der Waals surface area contributed by atoms with Crippen molar-refractivity contribution in [2.45, 2.75) is 13.1 Å². The van der Waals surface area contributed by atoms with E-state index in [9.17, 15) is 4.79 Å². The summed E-state index contributed by atoms with van der Waals surface area (Å²) in [6.07, 6.45) is 1.30. The van der Waals surface area contributed by atoms with E-state index < -0.39 is 0 Å². The highest BCUT2D eigenvalue weighted by Gasteiger charge is 2.03. The van der Waals surface area contributed by atoms with Crippen LogP contribution >= 0.6 is 11.3 Å². The van der Waals surface area contributed by atoms with Gasteiger partial charge >= 0.3 is 0 Å². The van der Waals surface area contributed by atoms with Crippen molar-refractivity contribution in [3.05, 3.63) is 28.7 Å². The third kappa shape index (κ3) is 2.84. The summed E-state index contributed by atoms with van der Waals surface area (Å²) < 4.78 is 0. The van der Waals surface area contributed by atoms with Crippen LogP contribution in [0.3, 0.4) is 0 Å². The van der Waals surface area contributed by atoms with Gasteiger partial charge in [0.25, 0.3) is 0 Å². The molecular weight excluding hydrogens is 214 g/mol. The summed E-state index contributed by atoms with van der Waals surface area (Å²) in [5.41, 5.74) is 0. The normalized spacial score (nSPS) is 10.1. The average molecular weight is 223 g/mol. The van der Waals surface area contributed by atoms with Gasteiger partial charge in [-0.2, -0.15) is 4.80 Å². The Labute approximate surface area is 89.9 Å². The van der Waals surface area contributed by atoms with E-state index in [4.69, 9.17) is 0 Å². The molecule has 78 valence electrons. The maximum absolute atomic E-state index is 11.4. The maximum Gasteiger partial charge on any atom is 0.243 e. The smallest absolute Gasteiger partial charge is 0.243 e. The monoisotopic (exact) mass is 223 g/mol. The standard InChI is InChI=1S/C8H9N5OS/c14-8(5-13-11-6-10-12-13)9-4-7-2-1-3-15-7/h1-3,6H,4-5H2,(H,9,14). The van der Waals surface area contributed by atoms with Crippen molar-refractivity contribution in [1.29, 1.82) is 0 Å². The molecule has 6 nitrogen and oxygen atoms in total. The minimum absolute atomic E-state index is 0.103. The van der Waals surface area contributed by atoms with Crippen molar-refractivity contribution in [1.82, 2.24) is 25.5 Å². The van der Waals surface area contributed by atoms with E-state index in [1.54, 1.807) is 11.3 Å². The lowest BCUT2D eigenvalue weighted by Gasteiger charge is -2.01. The SMILES string of the molecule is O=C(Cn1ncnn1)NCc1cccs1. The molecule has 2 heterocycles. The molecule has 2 aromatic heterocycles. The fourth-order valence-corrected chi connectivity index (χ4v) is 1.69. The zero-order valence-corrected chi connectivity index (χ0v) is 8.65. The second-order valence-electron chi connectivity index (χ2n) is 2.82. The van der Waals surface area contributed by atoms with Crippen molar-refractivity contribution in [2.75, 3.05) is 0 Å². The van der Waals surface area contributed by atoms with Crippen LogP contribution in [0.15, 0.2) is 23.8 Å². The van der Waals surface area contributed by atoms with Crippen molar-refractivity contribution in [2.24, 2.45) is 0 Å². The Morgan fingerprint density at radius 1 is 1.60 bits per heavy atom. The van der Waals surface area contributed by atoms with Crippen LogP contribution in [-0.2, 0) is 17.9 Å². The van der Waals surface area contributed by atoms with E-state index in [1.807, 2.05) is 17.5 Å². The fraction of sp³-hybridized carbons (Fsp3) is 0.250. The summed E-state index contributed by atoms with van der Waals surface area (Å²) in [5, 5.41) is 15.6. The van der Waals surface area contributed by atoms with E-state index >= 15 is 0 Å². The molecule has 1 N–H and O–H groups in total. The van der Waals surface area contributed by atoms with Crippen LogP contribution in [0.2, 0.25) is 0 Å². The number of carbonyl (C=O) groups excluding carboxylic acids is 1. The highest BCUT2D eigenvalue weighted by Crippen LogP contribution is 2.06. The van der Waals surface area contributed by atoms with Gasteiger partial charge in [0.05, 0.1) is 6.54 Å². The Morgan fingerprint density at radius 3 is 3.20 bits per heavy atom. The van der Waals surface area contributed by atoms with E-state index in [0.29, 0.717) is 6.54 Å². The van der Waals surface area contributed by atoms with Gasteiger partial charge in [-0.3, -0.25) is 4.79 Å². The largest absolute Gasteiger partial charge is 0.350 e. The number of aromatic nitrogens is 4. The zero-order chi connectivity index (χ0) is 10.5. The van der Waals surface area contributed by atoms with Crippen molar-refractivity contribution in [3.8, 4) is 0 Å². The van der Waals surface area contributed by atoms with Crippen LogP contribution in [0.4, 0.5) is 0 Å². The van der Waals surface area contributed by atoms with E-state index in [-0.39, 0.29) is 12.5 Å². The molecule has 0 aliphatic heterocycles. The topological polar surface area (TPSA) is 72.7 Å². The zero-order valence-electron chi connectivity index (χ0n) is 7.83. The number of nitrogens with one attached hydrogen (secondary N) is 1. The Balaban J connectivity index is 1.78. The third-order valence-corrected chi connectivity index (χ3v) is 2.59. The first-order valence-corrected chi connectivity index (χ1v) is 5.22. The first-order valence-electron chi connectivity index (χ1n) is 4.34. The predicted octanol–water partition coefficient (Wildman–Crippen LogP) is 0.0510.